The molecule has 1 rings (SSSR count). The Hall–Kier alpha value is -1.06. The zero-order valence-corrected chi connectivity index (χ0v) is 9.75. The first kappa shape index (κ1) is 15.0. The van der Waals surface area contributed by atoms with Crippen molar-refractivity contribution < 1.29 is 34.5 Å². The molecule has 1 unspecified atom stereocenters. The van der Waals surface area contributed by atoms with Gasteiger partial charge in [0, 0.05) is 0 Å². The van der Waals surface area contributed by atoms with Gasteiger partial charge in [-0.15, -0.1) is 0 Å². The minimum Gasteiger partial charge on any atom is -0.269 e. The van der Waals surface area contributed by atoms with Gasteiger partial charge in [-0.3, -0.25) is 8.37 Å². The second-order valence-electron chi connectivity index (χ2n) is 2.92. The van der Waals surface area contributed by atoms with Gasteiger partial charge >= 0.3 is 11.4 Å². The summed E-state index contributed by atoms with van der Waals surface area (Å²) in [5.74, 6) is -10.5. The molecule has 3 nitrogen and oxygen atoms in total. The van der Waals surface area contributed by atoms with Gasteiger partial charge in [-0.05, 0) is 6.92 Å². The molecule has 0 heterocycles. The fourth-order valence-electron chi connectivity index (χ4n) is 1.01. The monoisotopic (exact) mass is 290 g/mol. The predicted molar refractivity (Wildman–Crippen MR) is 50.8 cm³/mol. The average Bonchev–Trinajstić information content (AvgIpc) is 2.34. The Kier molecular flexibility index (Phi) is 5.17. The van der Waals surface area contributed by atoms with Gasteiger partial charge in [0.2, 0.25) is 5.82 Å². The quantitative estimate of drug-likeness (QED) is 0.475. The van der Waals surface area contributed by atoms with E-state index in [0.29, 0.717) is 0 Å². The van der Waals surface area contributed by atoms with Gasteiger partial charge in [-0.2, -0.15) is 4.21 Å². The van der Waals surface area contributed by atoms with Gasteiger partial charge in [0.15, 0.2) is 23.3 Å². The highest BCUT2D eigenvalue weighted by Gasteiger charge is 2.26. The maximum Gasteiger partial charge on any atom is 0.304 e. The Morgan fingerprint density at radius 1 is 0.889 bits per heavy atom. The van der Waals surface area contributed by atoms with Crippen LogP contribution in [0.15, 0.2) is 0 Å². The minimum absolute atomic E-state index is 0.0102. The summed E-state index contributed by atoms with van der Waals surface area (Å²) in [5, 5.41) is 0. The van der Waals surface area contributed by atoms with Crippen molar-refractivity contribution in [1.29, 1.82) is 0 Å². The summed E-state index contributed by atoms with van der Waals surface area (Å²) in [4.78, 5) is 0. The highest BCUT2D eigenvalue weighted by atomic mass is 32.2. The average molecular weight is 290 g/mol. The topological polar surface area (TPSA) is 35.5 Å². The van der Waals surface area contributed by atoms with Crippen LogP contribution in [0, 0.1) is 29.1 Å². The molecule has 0 bridgehead atoms. The standard InChI is InChI=1S/C9H7F5O3S/c1-2-16-18(15)17-3-4-5(10)7(12)9(14)8(13)6(4)11/h2-3H2,1H3. The third-order valence-electron chi connectivity index (χ3n) is 1.81. The molecule has 0 saturated heterocycles. The molecule has 18 heavy (non-hydrogen) atoms. The van der Waals surface area contributed by atoms with Gasteiger partial charge < -0.3 is 0 Å². The van der Waals surface area contributed by atoms with Crippen molar-refractivity contribution in [1.82, 2.24) is 0 Å². The molecule has 0 aliphatic carbocycles. The molecule has 0 aliphatic rings. The molecule has 1 atom stereocenters. The van der Waals surface area contributed by atoms with Gasteiger partial charge in [0.05, 0.1) is 18.8 Å². The lowest BCUT2D eigenvalue weighted by atomic mass is 10.2. The lowest BCUT2D eigenvalue weighted by molar-refractivity contribution is 0.241. The van der Waals surface area contributed by atoms with E-state index in [2.05, 4.69) is 8.37 Å². The molecule has 1 aromatic carbocycles. The van der Waals surface area contributed by atoms with Crippen LogP contribution in [-0.4, -0.2) is 10.8 Å². The van der Waals surface area contributed by atoms with E-state index in [9.17, 15) is 26.2 Å². The van der Waals surface area contributed by atoms with Gasteiger partial charge in [-0.25, -0.2) is 22.0 Å². The van der Waals surface area contributed by atoms with Crippen LogP contribution < -0.4 is 0 Å². The van der Waals surface area contributed by atoms with E-state index in [4.69, 9.17) is 0 Å². The number of rotatable bonds is 5. The van der Waals surface area contributed by atoms with Crippen molar-refractivity contribution in [3.05, 3.63) is 34.6 Å². The predicted octanol–water partition coefficient (Wildman–Crippen LogP) is 2.51. The molecule has 0 amide bonds. The second kappa shape index (κ2) is 6.21. The van der Waals surface area contributed by atoms with Crippen molar-refractivity contribution in [3.8, 4) is 0 Å². The van der Waals surface area contributed by atoms with Crippen LogP contribution in [0.25, 0.3) is 0 Å². The Morgan fingerprint density at radius 3 is 1.78 bits per heavy atom. The Bertz CT molecular complexity index is 451. The summed E-state index contributed by atoms with van der Waals surface area (Å²) in [6.07, 6.45) is 0. The maximum absolute atomic E-state index is 13.1. The third-order valence-corrected chi connectivity index (χ3v) is 2.55. The van der Waals surface area contributed by atoms with E-state index in [1.165, 1.54) is 6.92 Å². The van der Waals surface area contributed by atoms with Gasteiger partial charge in [-0.1, -0.05) is 0 Å². The molecule has 0 aromatic heterocycles. The SMILES string of the molecule is CCOS(=O)OCc1c(F)c(F)c(F)c(F)c1F. The highest BCUT2D eigenvalue weighted by molar-refractivity contribution is 7.75. The van der Waals surface area contributed by atoms with Gasteiger partial charge in [0.25, 0.3) is 0 Å². The number of hydrogen-bond donors (Lipinski definition) is 0. The second-order valence-corrected chi connectivity index (χ2v) is 3.80. The summed E-state index contributed by atoms with van der Waals surface area (Å²) in [5.41, 5.74) is -1.21. The first-order valence-electron chi connectivity index (χ1n) is 4.58. The fraction of sp³-hybridized carbons (Fsp3) is 0.333. The highest BCUT2D eigenvalue weighted by Crippen LogP contribution is 2.23. The lowest BCUT2D eigenvalue weighted by Crippen LogP contribution is -2.10. The van der Waals surface area contributed by atoms with E-state index in [1.54, 1.807) is 0 Å². The fourth-order valence-corrected chi connectivity index (χ4v) is 1.49. The van der Waals surface area contributed by atoms with Crippen LogP contribution in [0.3, 0.4) is 0 Å². The van der Waals surface area contributed by atoms with E-state index in [1.807, 2.05) is 0 Å². The first-order valence-corrected chi connectivity index (χ1v) is 5.58. The summed E-state index contributed by atoms with van der Waals surface area (Å²) >= 11 is -2.33. The molecule has 9 heteroatoms. The summed E-state index contributed by atoms with van der Waals surface area (Å²) < 4.78 is 83.9. The number of benzene rings is 1. The van der Waals surface area contributed by atoms with Crippen LogP contribution in [0.2, 0.25) is 0 Å². The van der Waals surface area contributed by atoms with Crippen molar-refractivity contribution >= 4 is 11.4 Å². The lowest BCUT2D eigenvalue weighted by Gasteiger charge is -2.07. The minimum atomic E-state index is -2.33. The molecule has 102 valence electrons. The molecule has 0 fully saturated rings. The van der Waals surface area contributed by atoms with Crippen LogP contribution >= 0.6 is 0 Å². The van der Waals surface area contributed by atoms with E-state index < -0.39 is 52.6 Å². The molecular formula is C9H7F5O3S. The number of hydrogen-bond acceptors (Lipinski definition) is 3. The summed E-state index contributed by atoms with van der Waals surface area (Å²) in [7, 11) is 0. The van der Waals surface area contributed by atoms with Crippen molar-refractivity contribution in [2.24, 2.45) is 0 Å². The molecule has 0 spiro atoms. The van der Waals surface area contributed by atoms with E-state index in [0.717, 1.165) is 0 Å². The van der Waals surface area contributed by atoms with Crippen molar-refractivity contribution in [2.75, 3.05) is 6.61 Å². The van der Waals surface area contributed by atoms with Crippen molar-refractivity contribution in [2.45, 2.75) is 13.5 Å². The Balaban J connectivity index is 2.99. The molecule has 0 saturated carbocycles. The molecule has 0 N–H and O–H groups in total. The summed E-state index contributed by atoms with van der Waals surface area (Å²) in [6.45, 7) is 0.391. The van der Waals surface area contributed by atoms with Crippen LogP contribution in [0.4, 0.5) is 22.0 Å². The molecule has 0 aliphatic heterocycles. The normalized spacial score (nSPS) is 12.8. The van der Waals surface area contributed by atoms with Crippen LogP contribution in [-0.2, 0) is 26.3 Å². The third kappa shape index (κ3) is 3.03. The Morgan fingerprint density at radius 2 is 1.33 bits per heavy atom. The number of halogens is 5. The zero-order valence-electron chi connectivity index (χ0n) is 8.94. The summed E-state index contributed by atoms with van der Waals surface area (Å²) in [6, 6.07) is 0. The zero-order chi connectivity index (χ0) is 13.9. The molecule has 1 aromatic rings. The van der Waals surface area contributed by atoms with Crippen molar-refractivity contribution in [3.63, 3.8) is 0 Å². The van der Waals surface area contributed by atoms with Crippen LogP contribution in [0.1, 0.15) is 12.5 Å². The maximum atomic E-state index is 13.1. The van der Waals surface area contributed by atoms with E-state index in [-0.39, 0.29) is 6.61 Å². The molecule has 0 radical (unpaired) electrons. The largest absolute Gasteiger partial charge is 0.304 e. The van der Waals surface area contributed by atoms with Gasteiger partial charge in [0.1, 0.15) is 0 Å². The Labute approximate surface area is 101 Å². The molecular weight excluding hydrogens is 283 g/mol. The smallest absolute Gasteiger partial charge is 0.269 e. The van der Waals surface area contributed by atoms with Crippen LogP contribution in [0.5, 0.6) is 0 Å². The first-order chi connectivity index (χ1) is 8.40. The van der Waals surface area contributed by atoms with E-state index >= 15 is 0 Å².